The summed E-state index contributed by atoms with van der Waals surface area (Å²) in [6.07, 6.45) is 1.94. The predicted octanol–water partition coefficient (Wildman–Crippen LogP) is 3.43. The van der Waals surface area contributed by atoms with Gasteiger partial charge in [0.15, 0.2) is 0 Å². The van der Waals surface area contributed by atoms with Gasteiger partial charge in [-0.05, 0) is 51.0 Å². The van der Waals surface area contributed by atoms with Crippen molar-refractivity contribution >= 4 is 5.91 Å². The van der Waals surface area contributed by atoms with E-state index in [4.69, 9.17) is 9.26 Å². The molecular formula is C18H21FN2O3. The standard InChI is InChI=1S/C18H21FN2O3/c1-3-23-15-5-4-10-21(11-15)18(22)16-12(2)24-20-17(16)13-6-8-14(19)9-7-13/h6-9,15H,3-5,10-11H2,1-2H3/t15-/m1/s1. The minimum absolute atomic E-state index is 0.0714. The molecule has 5 nitrogen and oxygen atoms in total. The van der Waals surface area contributed by atoms with Crippen molar-refractivity contribution in [2.45, 2.75) is 32.8 Å². The largest absolute Gasteiger partial charge is 0.377 e. The molecule has 0 spiro atoms. The van der Waals surface area contributed by atoms with Gasteiger partial charge < -0.3 is 14.2 Å². The number of ether oxygens (including phenoxy) is 1. The lowest BCUT2D eigenvalue weighted by Gasteiger charge is -2.32. The van der Waals surface area contributed by atoms with Crippen LogP contribution < -0.4 is 0 Å². The van der Waals surface area contributed by atoms with Gasteiger partial charge in [-0.25, -0.2) is 4.39 Å². The second kappa shape index (κ2) is 7.13. The molecule has 1 aliphatic rings. The van der Waals surface area contributed by atoms with Crippen molar-refractivity contribution in [2.75, 3.05) is 19.7 Å². The van der Waals surface area contributed by atoms with Crippen LogP contribution in [-0.4, -0.2) is 41.8 Å². The average Bonchev–Trinajstić information content (AvgIpc) is 2.97. The number of hydrogen-bond acceptors (Lipinski definition) is 4. The van der Waals surface area contributed by atoms with Gasteiger partial charge in [-0.2, -0.15) is 0 Å². The Morgan fingerprint density at radius 2 is 2.17 bits per heavy atom. The Labute approximate surface area is 140 Å². The highest BCUT2D eigenvalue weighted by molar-refractivity contribution is 6.00. The van der Waals surface area contributed by atoms with Gasteiger partial charge >= 0.3 is 0 Å². The molecule has 0 N–H and O–H groups in total. The molecule has 0 saturated carbocycles. The lowest BCUT2D eigenvalue weighted by Crippen LogP contribution is -2.43. The monoisotopic (exact) mass is 332 g/mol. The van der Waals surface area contributed by atoms with E-state index >= 15 is 0 Å². The smallest absolute Gasteiger partial charge is 0.259 e. The Bertz CT molecular complexity index is 710. The molecule has 24 heavy (non-hydrogen) atoms. The fourth-order valence-electron chi connectivity index (χ4n) is 3.08. The zero-order valence-corrected chi connectivity index (χ0v) is 13.9. The fraction of sp³-hybridized carbons (Fsp3) is 0.444. The molecule has 1 amide bonds. The number of aryl methyl sites for hydroxylation is 1. The molecule has 0 bridgehead atoms. The Morgan fingerprint density at radius 3 is 2.88 bits per heavy atom. The predicted molar refractivity (Wildman–Crippen MR) is 87.2 cm³/mol. The number of carbonyl (C=O) groups is 1. The van der Waals surface area contributed by atoms with Crippen LogP contribution in [0.15, 0.2) is 28.8 Å². The van der Waals surface area contributed by atoms with Crippen LogP contribution in [0.25, 0.3) is 11.3 Å². The van der Waals surface area contributed by atoms with Gasteiger partial charge in [-0.15, -0.1) is 0 Å². The van der Waals surface area contributed by atoms with Crippen molar-refractivity contribution in [1.29, 1.82) is 0 Å². The Morgan fingerprint density at radius 1 is 1.42 bits per heavy atom. The first kappa shape index (κ1) is 16.6. The Balaban J connectivity index is 1.87. The summed E-state index contributed by atoms with van der Waals surface area (Å²) in [7, 11) is 0. The summed E-state index contributed by atoms with van der Waals surface area (Å²) in [5, 5.41) is 4.01. The second-order valence-corrected chi connectivity index (χ2v) is 5.94. The average molecular weight is 332 g/mol. The molecule has 128 valence electrons. The molecule has 1 aromatic heterocycles. The van der Waals surface area contributed by atoms with Crippen molar-refractivity contribution in [1.82, 2.24) is 10.1 Å². The van der Waals surface area contributed by atoms with E-state index in [9.17, 15) is 9.18 Å². The van der Waals surface area contributed by atoms with E-state index in [0.29, 0.717) is 42.3 Å². The molecule has 1 saturated heterocycles. The van der Waals surface area contributed by atoms with Gasteiger partial charge in [0.25, 0.3) is 5.91 Å². The van der Waals surface area contributed by atoms with Crippen molar-refractivity contribution in [3.63, 3.8) is 0 Å². The van der Waals surface area contributed by atoms with Crippen molar-refractivity contribution in [2.24, 2.45) is 0 Å². The van der Waals surface area contributed by atoms with E-state index in [1.165, 1.54) is 12.1 Å². The van der Waals surface area contributed by atoms with Crippen LogP contribution in [-0.2, 0) is 4.74 Å². The summed E-state index contributed by atoms with van der Waals surface area (Å²) in [6, 6.07) is 5.89. The van der Waals surface area contributed by atoms with Crippen molar-refractivity contribution < 1.29 is 18.4 Å². The van der Waals surface area contributed by atoms with E-state index in [0.717, 1.165) is 12.8 Å². The van der Waals surface area contributed by atoms with Gasteiger partial charge in [0, 0.05) is 25.3 Å². The minimum atomic E-state index is -0.331. The van der Waals surface area contributed by atoms with Crippen LogP contribution in [0.3, 0.4) is 0 Å². The van der Waals surface area contributed by atoms with Crippen LogP contribution in [0.2, 0.25) is 0 Å². The number of carbonyl (C=O) groups excluding carboxylic acids is 1. The fourth-order valence-corrected chi connectivity index (χ4v) is 3.08. The zero-order valence-electron chi connectivity index (χ0n) is 13.9. The Kier molecular flexibility index (Phi) is 4.94. The number of benzene rings is 1. The summed E-state index contributed by atoms with van der Waals surface area (Å²) in [5.41, 5.74) is 1.56. The first-order valence-electron chi connectivity index (χ1n) is 8.23. The van der Waals surface area contributed by atoms with E-state index in [1.54, 1.807) is 24.0 Å². The van der Waals surface area contributed by atoms with Gasteiger partial charge in [0.2, 0.25) is 0 Å². The molecule has 3 rings (SSSR count). The molecule has 6 heteroatoms. The Hall–Kier alpha value is -2.21. The molecule has 0 aliphatic carbocycles. The number of amides is 1. The molecule has 1 aliphatic heterocycles. The van der Waals surface area contributed by atoms with Crippen molar-refractivity contribution in [3.8, 4) is 11.3 Å². The number of piperidine rings is 1. The number of nitrogens with zero attached hydrogens (tertiary/aromatic N) is 2. The third-order valence-electron chi connectivity index (χ3n) is 4.26. The molecule has 1 aromatic carbocycles. The molecule has 1 fully saturated rings. The van der Waals surface area contributed by atoms with E-state index < -0.39 is 0 Å². The summed E-state index contributed by atoms with van der Waals surface area (Å²) < 4.78 is 24.0. The van der Waals surface area contributed by atoms with E-state index in [2.05, 4.69) is 5.16 Å². The summed E-state index contributed by atoms with van der Waals surface area (Å²) >= 11 is 0. The lowest BCUT2D eigenvalue weighted by molar-refractivity contribution is 0.00720. The lowest BCUT2D eigenvalue weighted by atomic mass is 10.0. The van der Waals surface area contributed by atoms with Gasteiger partial charge in [-0.3, -0.25) is 4.79 Å². The quantitative estimate of drug-likeness (QED) is 0.861. The van der Waals surface area contributed by atoms with E-state index in [-0.39, 0.29) is 17.8 Å². The van der Waals surface area contributed by atoms with Crippen LogP contribution in [0, 0.1) is 12.7 Å². The maximum absolute atomic E-state index is 13.1. The maximum atomic E-state index is 13.1. The second-order valence-electron chi connectivity index (χ2n) is 5.94. The zero-order chi connectivity index (χ0) is 17.1. The summed E-state index contributed by atoms with van der Waals surface area (Å²) in [6.45, 7) is 5.57. The third kappa shape index (κ3) is 3.33. The number of rotatable bonds is 4. The van der Waals surface area contributed by atoms with E-state index in [1.807, 2.05) is 6.92 Å². The topological polar surface area (TPSA) is 55.6 Å². The molecule has 0 unspecified atom stereocenters. The van der Waals surface area contributed by atoms with Gasteiger partial charge in [-0.1, -0.05) is 5.16 Å². The highest BCUT2D eigenvalue weighted by atomic mass is 19.1. The molecular weight excluding hydrogens is 311 g/mol. The highest BCUT2D eigenvalue weighted by Gasteiger charge is 2.30. The van der Waals surface area contributed by atoms with Gasteiger partial charge in [0.05, 0.1) is 6.10 Å². The van der Waals surface area contributed by atoms with Crippen LogP contribution in [0.1, 0.15) is 35.9 Å². The normalized spacial score (nSPS) is 18.0. The minimum Gasteiger partial charge on any atom is -0.377 e. The molecule has 1 atom stereocenters. The highest BCUT2D eigenvalue weighted by Crippen LogP contribution is 2.28. The summed E-state index contributed by atoms with van der Waals surface area (Å²) in [5.74, 6) is 0.0257. The van der Waals surface area contributed by atoms with Crippen molar-refractivity contribution in [3.05, 3.63) is 41.4 Å². The first-order valence-corrected chi connectivity index (χ1v) is 8.23. The van der Waals surface area contributed by atoms with Crippen LogP contribution >= 0.6 is 0 Å². The number of likely N-dealkylation sites (tertiary alicyclic amines) is 1. The SMILES string of the molecule is CCO[C@@H]1CCCN(C(=O)c2c(-c3ccc(F)cc3)noc2C)C1. The number of aromatic nitrogens is 1. The number of halogens is 1. The third-order valence-corrected chi connectivity index (χ3v) is 4.26. The van der Waals surface area contributed by atoms with Crippen LogP contribution in [0.5, 0.6) is 0 Å². The molecule has 2 aromatic rings. The summed E-state index contributed by atoms with van der Waals surface area (Å²) in [4.78, 5) is 14.8. The van der Waals surface area contributed by atoms with Gasteiger partial charge in [0.1, 0.15) is 22.8 Å². The number of hydrogen-bond donors (Lipinski definition) is 0. The maximum Gasteiger partial charge on any atom is 0.259 e. The molecule has 2 heterocycles. The first-order chi connectivity index (χ1) is 11.6. The molecule has 0 radical (unpaired) electrons. The van der Waals surface area contributed by atoms with Crippen LogP contribution in [0.4, 0.5) is 4.39 Å².